The van der Waals surface area contributed by atoms with E-state index in [9.17, 15) is 9.59 Å². The van der Waals surface area contributed by atoms with Crippen LogP contribution in [0.2, 0.25) is 0 Å². The molecule has 8 heteroatoms. The van der Waals surface area contributed by atoms with Crippen molar-refractivity contribution in [1.29, 1.82) is 0 Å². The number of rotatable bonds is 4. The molecule has 2 amide bonds. The molecule has 0 aliphatic rings. The van der Waals surface area contributed by atoms with Gasteiger partial charge in [-0.3, -0.25) is 14.9 Å². The Bertz CT molecular complexity index is 871. The highest BCUT2D eigenvalue weighted by atomic mass is 127. The fourth-order valence-corrected chi connectivity index (χ4v) is 3.12. The van der Waals surface area contributed by atoms with E-state index >= 15 is 0 Å². The smallest absolute Gasteiger partial charge is 0.257 e. The Morgan fingerprint density at radius 1 is 1.12 bits per heavy atom. The predicted molar refractivity (Wildman–Crippen MR) is 115 cm³/mol. The molecule has 3 N–H and O–H groups in total. The zero-order chi connectivity index (χ0) is 19.3. The molecule has 2 aromatic carbocycles. The summed E-state index contributed by atoms with van der Waals surface area (Å²) in [6.45, 7) is 3.33. The first-order valence-electron chi connectivity index (χ1n) is 7.64. The van der Waals surface area contributed by atoms with E-state index in [1.54, 1.807) is 31.4 Å². The van der Waals surface area contributed by atoms with Crippen LogP contribution in [0.4, 0.5) is 11.4 Å². The molecule has 0 aromatic heterocycles. The van der Waals surface area contributed by atoms with Gasteiger partial charge in [-0.1, -0.05) is 6.07 Å². The minimum Gasteiger partial charge on any atom is -0.496 e. The lowest BCUT2D eigenvalue weighted by molar-refractivity contribution is -0.114. The van der Waals surface area contributed by atoms with E-state index in [0.717, 1.165) is 9.13 Å². The number of aryl methyl sites for hydroxylation is 1. The summed E-state index contributed by atoms with van der Waals surface area (Å²) in [6.07, 6.45) is 0. The third kappa shape index (κ3) is 5.40. The summed E-state index contributed by atoms with van der Waals surface area (Å²) < 4.78 is 6.01. The van der Waals surface area contributed by atoms with Crippen LogP contribution in [0.3, 0.4) is 0 Å². The number of carbonyl (C=O) groups excluding carboxylic acids is 2. The molecule has 0 radical (unpaired) electrons. The number of hydrogen-bond acceptors (Lipinski definition) is 4. The highest BCUT2D eigenvalue weighted by Gasteiger charge is 2.11. The van der Waals surface area contributed by atoms with Crippen LogP contribution < -0.4 is 20.7 Å². The Kier molecular flexibility index (Phi) is 6.92. The molecule has 2 rings (SSSR count). The van der Waals surface area contributed by atoms with Gasteiger partial charge >= 0.3 is 0 Å². The van der Waals surface area contributed by atoms with Gasteiger partial charge in [0.05, 0.1) is 10.7 Å². The normalized spacial score (nSPS) is 10.0. The number of carbonyl (C=O) groups is 2. The first-order valence-corrected chi connectivity index (χ1v) is 9.13. The minimum atomic E-state index is -0.322. The maximum atomic E-state index is 12.3. The predicted octanol–water partition coefficient (Wildman–Crippen LogP) is 3.69. The van der Waals surface area contributed by atoms with Crippen molar-refractivity contribution in [2.45, 2.75) is 13.8 Å². The first kappa shape index (κ1) is 20.1. The average Bonchev–Trinajstić information content (AvgIpc) is 2.57. The molecule has 0 heterocycles. The Hall–Kier alpha value is -2.20. The van der Waals surface area contributed by atoms with E-state index in [2.05, 4.69) is 38.5 Å². The van der Waals surface area contributed by atoms with Gasteiger partial charge in [-0.2, -0.15) is 0 Å². The van der Waals surface area contributed by atoms with E-state index in [4.69, 9.17) is 17.0 Å². The number of ether oxygens (including phenoxy) is 1. The van der Waals surface area contributed by atoms with Gasteiger partial charge in [0.15, 0.2) is 5.11 Å². The fraction of sp³-hybridized carbons (Fsp3) is 0.167. The van der Waals surface area contributed by atoms with Gasteiger partial charge in [0.25, 0.3) is 5.91 Å². The second-order valence-corrected chi connectivity index (χ2v) is 7.04. The molecule has 0 atom stereocenters. The Morgan fingerprint density at radius 2 is 1.85 bits per heavy atom. The zero-order valence-electron chi connectivity index (χ0n) is 14.5. The Labute approximate surface area is 170 Å². The lowest BCUT2D eigenvalue weighted by Gasteiger charge is -2.13. The Balaban J connectivity index is 2.05. The summed E-state index contributed by atoms with van der Waals surface area (Å²) in [5.41, 5.74) is 2.74. The maximum Gasteiger partial charge on any atom is 0.257 e. The van der Waals surface area contributed by atoms with Crippen molar-refractivity contribution < 1.29 is 14.3 Å². The summed E-state index contributed by atoms with van der Waals surface area (Å²) in [6, 6.07) is 10.5. The molecular weight excluding hydrogens is 465 g/mol. The van der Waals surface area contributed by atoms with Crippen LogP contribution in [0.5, 0.6) is 5.75 Å². The molecule has 0 saturated heterocycles. The highest BCUT2D eigenvalue weighted by Crippen LogP contribution is 2.22. The van der Waals surface area contributed by atoms with Crippen LogP contribution in [0, 0.1) is 10.5 Å². The van der Waals surface area contributed by atoms with E-state index in [0.29, 0.717) is 22.7 Å². The van der Waals surface area contributed by atoms with Gasteiger partial charge in [0.1, 0.15) is 5.75 Å². The van der Waals surface area contributed by atoms with Gasteiger partial charge in [-0.05, 0) is 77.6 Å². The second-order valence-electron chi connectivity index (χ2n) is 5.47. The van der Waals surface area contributed by atoms with E-state index in [1.165, 1.54) is 6.92 Å². The molecule has 26 heavy (non-hydrogen) atoms. The van der Waals surface area contributed by atoms with E-state index in [-0.39, 0.29) is 16.9 Å². The molecule has 136 valence electrons. The van der Waals surface area contributed by atoms with Crippen molar-refractivity contribution in [1.82, 2.24) is 5.32 Å². The number of anilines is 2. The van der Waals surface area contributed by atoms with Crippen molar-refractivity contribution in [3.05, 3.63) is 51.1 Å². The van der Waals surface area contributed by atoms with Gasteiger partial charge in [0.2, 0.25) is 5.91 Å². The third-order valence-electron chi connectivity index (χ3n) is 3.45. The Morgan fingerprint density at radius 3 is 2.46 bits per heavy atom. The summed E-state index contributed by atoms with van der Waals surface area (Å²) in [5.74, 6) is 0.223. The molecule has 0 aliphatic carbocycles. The molecule has 6 nitrogen and oxygen atoms in total. The summed E-state index contributed by atoms with van der Waals surface area (Å²) in [4.78, 5) is 23.6. The van der Waals surface area contributed by atoms with Crippen molar-refractivity contribution in [2.75, 3.05) is 17.7 Å². The van der Waals surface area contributed by atoms with Crippen molar-refractivity contribution in [3.63, 3.8) is 0 Å². The quantitative estimate of drug-likeness (QED) is 0.457. The molecule has 2 aromatic rings. The molecule has 0 spiro atoms. The first-order chi connectivity index (χ1) is 12.3. The van der Waals surface area contributed by atoms with E-state index in [1.807, 2.05) is 19.1 Å². The molecule has 0 saturated carbocycles. The van der Waals surface area contributed by atoms with E-state index < -0.39 is 0 Å². The molecular formula is C18H18IN3O3S. The van der Waals surface area contributed by atoms with Gasteiger partial charge in [-0.15, -0.1) is 0 Å². The number of thiocarbonyl (C=S) groups is 1. The molecule has 0 bridgehead atoms. The third-order valence-corrected chi connectivity index (χ3v) is 4.49. The van der Waals surface area contributed by atoms with Crippen LogP contribution in [-0.2, 0) is 4.79 Å². The van der Waals surface area contributed by atoms with Crippen molar-refractivity contribution >= 4 is 63.1 Å². The van der Waals surface area contributed by atoms with Crippen LogP contribution in [0.25, 0.3) is 0 Å². The minimum absolute atomic E-state index is 0.157. The lowest BCUT2D eigenvalue weighted by Crippen LogP contribution is -2.34. The second kappa shape index (κ2) is 8.95. The topological polar surface area (TPSA) is 79.5 Å². The molecule has 0 aliphatic heterocycles. The van der Waals surface area contributed by atoms with Gasteiger partial charge in [0, 0.05) is 23.9 Å². The van der Waals surface area contributed by atoms with Gasteiger partial charge in [-0.25, -0.2) is 0 Å². The largest absolute Gasteiger partial charge is 0.496 e. The summed E-state index contributed by atoms with van der Waals surface area (Å²) in [5, 5.41) is 8.49. The SMILES string of the molecule is COc1ccc(C(=O)NC(=S)Nc2ccc(C)c(NC(C)=O)c2)cc1I. The number of amides is 2. The molecule has 0 unspecified atom stereocenters. The van der Waals surface area contributed by atoms with Crippen LogP contribution in [0.1, 0.15) is 22.8 Å². The lowest BCUT2D eigenvalue weighted by atomic mass is 10.2. The van der Waals surface area contributed by atoms with Gasteiger partial charge < -0.3 is 15.4 Å². The number of benzene rings is 2. The number of nitrogens with one attached hydrogen (secondary N) is 3. The van der Waals surface area contributed by atoms with Crippen molar-refractivity contribution in [2.24, 2.45) is 0 Å². The zero-order valence-corrected chi connectivity index (χ0v) is 17.4. The van der Waals surface area contributed by atoms with Crippen LogP contribution in [0.15, 0.2) is 36.4 Å². The van der Waals surface area contributed by atoms with Crippen LogP contribution in [-0.4, -0.2) is 24.0 Å². The molecule has 0 fully saturated rings. The summed E-state index contributed by atoms with van der Waals surface area (Å²) >= 11 is 7.30. The maximum absolute atomic E-state index is 12.3. The number of halogens is 1. The average molecular weight is 483 g/mol. The number of hydrogen-bond donors (Lipinski definition) is 3. The number of methoxy groups -OCH3 is 1. The monoisotopic (exact) mass is 483 g/mol. The van der Waals surface area contributed by atoms with Crippen molar-refractivity contribution in [3.8, 4) is 5.75 Å². The fourth-order valence-electron chi connectivity index (χ4n) is 2.17. The van der Waals surface area contributed by atoms with Crippen LogP contribution >= 0.6 is 34.8 Å². The summed E-state index contributed by atoms with van der Waals surface area (Å²) in [7, 11) is 1.58. The standard InChI is InChI=1S/C18H18IN3O3S/c1-10-4-6-13(9-15(10)20-11(2)23)21-18(26)22-17(24)12-5-7-16(25-3)14(19)8-12/h4-9H,1-3H3,(H,20,23)(H2,21,22,24,26). The highest BCUT2D eigenvalue weighted by molar-refractivity contribution is 14.1.